The van der Waals surface area contributed by atoms with Gasteiger partial charge in [0.15, 0.2) is 0 Å². The Morgan fingerprint density at radius 1 is 1.37 bits per heavy atom. The molecule has 0 bridgehead atoms. The number of carbonyl (C=O) groups excluding carboxylic acids is 1. The van der Waals surface area contributed by atoms with Crippen LogP contribution in [0.25, 0.3) is 0 Å². The van der Waals surface area contributed by atoms with Crippen LogP contribution >= 0.6 is 12.4 Å². The van der Waals surface area contributed by atoms with E-state index in [4.69, 9.17) is 9.47 Å². The molecule has 112 valence electrons. The van der Waals surface area contributed by atoms with Crippen molar-refractivity contribution in [1.82, 2.24) is 10.6 Å². The first kappa shape index (κ1) is 16.7. The fraction of sp³-hybridized carbons (Fsp3) is 0.923. The monoisotopic (exact) mass is 292 g/mol. The summed E-state index contributed by atoms with van der Waals surface area (Å²) < 4.78 is 11.0. The van der Waals surface area contributed by atoms with Crippen molar-refractivity contribution >= 4 is 18.3 Å². The third-order valence-electron chi connectivity index (χ3n) is 3.51. The SMILES string of the molecule is Cl.O=C(NCCCOC1CCCC1)C1COCCN1. The van der Waals surface area contributed by atoms with Crippen molar-refractivity contribution in [3.63, 3.8) is 0 Å². The third kappa shape index (κ3) is 6.08. The minimum Gasteiger partial charge on any atom is -0.378 e. The molecule has 5 nitrogen and oxygen atoms in total. The predicted molar refractivity (Wildman–Crippen MR) is 75.7 cm³/mol. The molecular formula is C13H25ClN2O3. The molecule has 0 spiro atoms. The highest BCUT2D eigenvalue weighted by Crippen LogP contribution is 2.20. The standard InChI is InChI=1S/C13H24N2O3.ClH/c16-13(12-10-17-9-7-14-12)15-6-3-8-18-11-4-1-2-5-11;/h11-12,14H,1-10H2,(H,15,16);1H. The van der Waals surface area contributed by atoms with Gasteiger partial charge in [-0.3, -0.25) is 4.79 Å². The highest BCUT2D eigenvalue weighted by molar-refractivity contribution is 5.85. The highest BCUT2D eigenvalue weighted by Gasteiger charge is 2.20. The predicted octanol–water partition coefficient (Wildman–Crippen LogP) is 0.862. The zero-order valence-electron chi connectivity index (χ0n) is 11.4. The first-order chi connectivity index (χ1) is 8.86. The van der Waals surface area contributed by atoms with Gasteiger partial charge in [0.2, 0.25) is 5.91 Å². The van der Waals surface area contributed by atoms with Crippen LogP contribution < -0.4 is 10.6 Å². The van der Waals surface area contributed by atoms with Gasteiger partial charge in [0.1, 0.15) is 6.04 Å². The molecule has 1 unspecified atom stereocenters. The Morgan fingerprint density at radius 3 is 2.84 bits per heavy atom. The van der Waals surface area contributed by atoms with E-state index >= 15 is 0 Å². The van der Waals surface area contributed by atoms with Gasteiger partial charge in [-0.1, -0.05) is 12.8 Å². The van der Waals surface area contributed by atoms with Crippen molar-refractivity contribution in [2.45, 2.75) is 44.2 Å². The maximum Gasteiger partial charge on any atom is 0.239 e. The minimum atomic E-state index is -0.186. The number of halogens is 1. The number of amides is 1. The Balaban J connectivity index is 0.00000180. The Hall–Kier alpha value is -0.360. The van der Waals surface area contributed by atoms with E-state index in [1.54, 1.807) is 0 Å². The van der Waals surface area contributed by atoms with Gasteiger partial charge in [0, 0.05) is 19.7 Å². The molecule has 2 aliphatic rings. The number of rotatable bonds is 6. The fourth-order valence-corrected chi connectivity index (χ4v) is 2.45. The van der Waals surface area contributed by atoms with Crippen molar-refractivity contribution in [2.24, 2.45) is 0 Å². The van der Waals surface area contributed by atoms with Crippen LogP contribution in [0.4, 0.5) is 0 Å². The molecule has 0 aromatic rings. The average molecular weight is 293 g/mol. The summed E-state index contributed by atoms with van der Waals surface area (Å²) in [6.45, 7) is 3.36. The molecule has 1 aliphatic carbocycles. The zero-order chi connectivity index (χ0) is 12.6. The number of carbonyl (C=O) groups is 1. The summed E-state index contributed by atoms with van der Waals surface area (Å²) in [6, 6.07) is -0.186. The van der Waals surface area contributed by atoms with Crippen molar-refractivity contribution < 1.29 is 14.3 Å². The molecule has 1 atom stereocenters. The summed E-state index contributed by atoms with van der Waals surface area (Å²) in [6.07, 6.45) is 6.36. The summed E-state index contributed by atoms with van der Waals surface area (Å²) >= 11 is 0. The van der Waals surface area contributed by atoms with Crippen molar-refractivity contribution in [1.29, 1.82) is 0 Å². The molecule has 0 aromatic carbocycles. The minimum absolute atomic E-state index is 0. The molecule has 1 amide bonds. The van der Waals surface area contributed by atoms with Crippen molar-refractivity contribution in [3.05, 3.63) is 0 Å². The van der Waals surface area contributed by atoms with Crippen LogP contribution in [-0.4, -0.2) is 51.0 Å². The van der Waals surface area contributed by atoms with E-state index in [-0.39, 0.29) is 24.4 Å². The molecule has 2 rings (SSSR count). The molecule has 2 N–H and O–H groups in total. The van der Waals surface area contributed by atoms with Crippen LogP contribution in [0.2, 0.25) is 0 Å². The van der Waals surface area contributed by atoms with E-state index in [0.29, 0.717) is 25.9 Å². The van der Waals surface area contributed by atoms with E-state index < -0.39 is 0 Å². The topological polar surface area (TPSA) is 59.6 Å². The molecule has 1 saturated heterocycles. The summed E-state index contributed by atoms with van der Waals surface area (Å²) in [7, 11) is 0. The van der Waals surface area contributed by atoms with E-state index in [1.165, 1.54) is 25.7 Å². The molecule has 1 aliphatic heterocycles. The first-order valence-corrected chi connectivity index (χ1v) is 7.07. The number of hydrogen-bond acceptors (Lipinski definition) is 4. The van der Waals surface area contributed by atoms with Gasteiger partial charge in [-0.2, -0.15) is 0 Å². The molecule has 2 fully saturated rings. The van der Waals surface area contributed by atoms with Crippen LogP contribution in [-0.2, 0) is 14.3 Å². The molecule has 0 aromatic heterocycles. The summed E-state index contributed by atoms with van der Waals surface area (Å²) in [5, 5.41) is 6.05. The van der Waals surface area contributed by atoms with Crippen LogP contribution in [0.1, 0.15) is 32.1 Å². The largest absolute Gasteiger partial charge is 0.378 e. The van der Waals surface area contributed by atoms with Crippen LogP contribution in [0.5, 0.6) is 0 Å². The van der Waals surface area contributed by atoms with Gasteiger partial charge in [-0.15, -0.1) is 12.4 Å². The Labute approximate surface area is 121 Å². The van der Waals surface area contributed by atoms with Crippen molar-refractivity contribution in [3.8, 4) is 0 Å². The van der Waals surface area contributed by atoms with Crippen LogP contribution in [0, 0.1) is 0 Å². The normalized spacial score (nSPS) is 23.9. The number of nitrogens with one attached hydrogen (secondary N) is 2. The van der Waals surface area contributed by atoms with Crippen LogP contribution in [0.15, 0.2) is 0 Å². The average Bonchev–Trinajstić information content (AvgIpc) is 2.92. The Bertz CT molecular complexity index is 254. The molecule has 19 heavy (non-hydrogen) atoms. The lowest BCUT2D eigenvalue weighted by Gasteiger charge is -2.22. The second kappa shape index (κ2) is 9.53. The quantitative estimate of drug-likeness (QED) is 0.713. The lowest BCUT2D eigenvalue weighted by atomic mass is 10.2. The molecule has 1 saturated carbocycles. The first-order valence-electron chi connectivity index (χ1n) is 7.07. The highest BCUT2D eigenvalue weighted by atomic mass is 35.5. The van der Waals surface area contributed by atoms with Gasteiger partial charge in [0.05, 0.1) is 19.3 Å². The van der Waals surface area contributed by atoms with Gasteiger partial charge >= 0.3 is 0 Å². The molecule has 6 heteroatoms. The van der Waals surface area contributed by atoms with E-state index in [1.807, 2.05) is 0 Å². The Kier molecular flexibility index (Phi) is 8.37. The van der Waals surface area contributed by atoms with Gasteiger partial charge < -0.3 is 20.1 Å². The van der Waals surface area contributed by atoms with Gasteiger partial charge in [-0.25, -0.2) is 0 Å². The zero-order valence-corrected chi connectivity index (χ0v) is 12.2. The summed E-state index contributed by atoms with van der Waals surface area (Å²) in [5.74, 6) is 0.0376. The summed E-state index contributed by atoms with van der Waals surface area (Å²) in [5.41, 5.74) is 0. The molecular weight excluding hydrogens is 268 g/mol. The van der Waals surface area contributed by atoms with Crippen LogP contribution in [0.3, 0.4) is 0 Å². The van der Waals surface area contributed by atoms with E-state index in [9.17, 15) is 4.79 Å². The fourth-order valence-electron chi connectivity index (χ4n) is 2.45. The third-order valence-corrected chi connectivity index (χ3v) is 3.51. The molecule has 0 radical (unpaired) electrons. The van der Waals surface area contributed by atoms with Gasteiger partial charge in [0.25, 0.3) is 0 Å². The Morgan fingerprint density at radius 2 is 2.16 bits per heavy atom. The number of hydrogen-bond donors (Lipinski definition) is 2. The maximum atomic E-state index is 11.7. The maximum absolute atomic E-state index is 11.7. The molecule has 1 heterocycles. The second-order valence-electron chi connectivity index (χ2n) is 5.00. The van der Waals surface area contributed by atoms with Gasteiger partial charge in [-0.05, 0) is 19.3 Å². The van der Waals surface area contributed by atoms with Crippen molar-refractivity contribution in [2.75, 3.05) is 32.9 Å². The lowest BCUT2D eigenvalue weighted by molar-refractivity contribution is -0.125. The smallest absolute Gasteiger partial charge is 0.239 e. The lowest BCUT2D eigenvalue weighted by Crippen LogP contribution is -2.51. The van der Waals surface area contributed by atoms with E-state index in [2.05, 4.69) is 10.6 Å². The number of ether oxygens (including phenoxy) is 2. The number of morpholine rings is 1. The summed E-state index contributed by atoms with van der Waals surface area (Å²) in [4.78, 5) is 11.7. The van der Waals surface area contributed by atoms with E-state index in [0.717, 1.165) is 19.6 Å². The second-order valence-corrected chi connectivity index (χ2v) is 5.00.